The summed E-state index contributed by atoms with van der Waals surface area (Å²) in [6.45, 7) is 0.844. The Morgan fingerprint density at radius 1 is 0.944 bits per heavy atom. The topological polar surface area (TPSA) is 90.5 Å². The second-order valence-corrected chi connectivity index (χ2v) is 9.79. The molecule has 0 saturated carbocycles. The first-order valence-electron chi connectivity index (χ1n) is 12.0. The molecule has 184 valence electrons. The van der Waals surface area contributed by atoms with Gasteiger partial charge in [0.05, 0.1) is 0 Å². The summed E-state index contributed by atoms with van der Waals surface area (Å²) in [4.78, 5) is 40.8. The Kier molecular flexibility index (Phi) is 6.69. The highest BCUT2D eigenvalue weighted by molar-refractivity contribution is 7.80. The van der Waals surface area contributed by atoms with E-state index in [1.54, 1.807) is 18.0 Å². The molecule has 7 nitrogen and oxygen atoms in total. The predicted molar refractivity (Wildman–Crippen MR) is 142 cm³/mol. The van der Waals surface area contributed by atoms with Crippen LogP contribution >= 0.6 is 12.6 Å². The lowest BCUT2D eigenvalue weighted by Gasteiger charge is -2.27. The number of hydrogen-bond donors (Lipinski definition) is 4. The molecule has 3 aliphatic rings. The Balaban J connectivity index is 1.49. The van der Waals surface area contributed by atoms with Gasteiger partial charge in [-0.15, -0.1) is 12.6 Å². The average molecular weight is 501 g/mol. The number of carbonyl (C=O) groups is 3. The summed E-state index contributed by atoms with van der Waals surface area (Å²) in [6.07, 6.45) is 1.91. The Bertz CT molecular complexity index is 1340. The van der Waals surface area contributed by atoms with Gasteiger partial charge in [0, 0.05) is 48.4 Å². The fourth-order valence-electron chi connectivity index (χ4n) is 4.65. The van der Waals surface area contributed by atoms with Gasteiger partial charge in [-0.1, -0.05) is 30.3 Å². The molecule has 0 fully saturated rings. The lowest BCUT2D eigenvalue weighted by molar-refractivity contribution is -0.131. The van der Waals surface area contributed by atoms with E-state index in [2.05, 4.69) is 28.6 Å². The van der Waals surface area contributed by atoms with Crippen LogP contribution < -0.4 is 16.0 Å². The molecule has 3 aliphatic heterocycles. The fraction of sp³-hybridized carbons (Fsp3) is 0.250. The normalized spacial score (nSPS) is 18.0. The monoisotopic (exact) mass is 500 g/mol. The third-order valence-electron chi connectivity index (χ3n) is 6.68. The van der Waals surface area contributed by atoms with Crippen molar-refractivity contribution < 1.29 is 14.4 Å². The van der Waals surface area contributed by atoms with Gasteiger partial charge in [-0.05, 0) is 65.4 Å². The fourth-order valence-corrected chi connectivity index (χ4v) is 4.86. The molecule has 0 saturated heterocycles. The number of likely N-dealkylation sites (N-methyl/N-ethyl adjacent to an activating group) is 1. The van der Waals surface area contributed by atoms with Crippen LogP contribution in [-0.2, 0) is 29.1 Å². The molecule has 0 aromatic heterocycles. The van der Waals surface area contributed by atoms with Crippen LogP contribution in [0.25, 0.3) is 0 Å². The second-order valence-electron chi connectivity index (χ2n) is 9.31. The highest BCUT2D eigenvalue weighted by Crippen LogP contribution is 2.28. The smallest absolute Gasteiger partial charge is 0.251 e. The van der Waals surface area contributed by atoms with Crippen LogP contribution in [0.4, 0.5) is 11.4 Å². The highest BCUT2D eigenvalue weighted by Gasteiger charge is 2.26. The van der Waals surface area contributed by atoms with E-state index in [9.17, 15) is 14.4 Å². The third kappa shape index (κ3) is 5.09. The molecule has 4 bridgehead atoms. The molecule has 1 atom stereocenters. The summed E-state index contributed by atoms with van der Waals surface area (Å²) in [7, 11) is 1.75. The average Bonchev–Trinajstić information content (AvgIpc) is 3.24. The van der Waals surface area contributed by atoms with Crippen LogP contribution in [0.5, 0.6) is 0 Å². The van der Waals surface area contributed by atoms with E-state index in [1.165, 1.54) is 0 Å². The van der Waals surface area contributed by atoms with Gasteiger partial charge in [-0.25, -0.2) is 0 Å². The summed E-state index contributed by atoms with van der Waals surface area (Å²) < 4.78 is 0. The van der Waals surface area contributed by atoms with Gasteiger partial charge in [-0.2, -0.15) is 0 Å². The maximum absolute atomic E-state index is 13.8. The minimum atomic E-state index is -0.647. The molecule has 3 N–H and O–H groups in total. The first kappa shape index (κ1) is 23.9. The summed E-state index contributed by atoms with van der Waals surface area (Å²) in [5.41, 5.74) is 5.74. The van der Waals surface area contributed by atoms with E-state index in [0.29, 0.717) is 36.4 Å². The number of benzene rings is 3. The van der Waals surface area contributed by atoms with E-state index < -0.39 is 6.04 Å². The molecule has 0 spiro atoms. The molecule has 3 amide bonds. The van der Waals surface area contributed by atoms with Crippen molar-refractivity contribution >= 4 is 41.7 Å². The zero-order valence-corrected chi connectivity index (χ0v) is 20.9. The number of fused-ring (bicyclic) bond motifs is 10. The number of hydrogen-bond acceptors (Lipinski definition) is 5. The predicted octanol–water partition coefficient (Wildman–Crippen LogP) is 4.31. The Morgan fingerprint density at radius 2 is 1.75 bits per heavy atom. The van der Waals surface area contributed by atoms with Crippen LogP contribution in [0, 0.1) is 0 Å². The van der Waals surface area contributed by atoms with Crippen LogP contribution in [0.15, 0.2) is 65.6 Å². The first-order chi connectivity index (χ1) is 17.4. The number of carbonyl (C=O) groups excluding carboxylic acids is 3. The third-order valence-corrected chi connectivity index (χ3v) is 7.12. The SMILES string of the molecule is CN1Cc2cc(ccc2S)NC(=O)CCCc2ccc(cc2)[C@@H](Nc2ccc3c(c2)C(=O)NC3)C1=O. The van der Waals surface area contributed by atoms with Crippen molar-refractivity contribution in [2.45, 2.75) is 43.3 Å². The number of nitrogens with zero attached hydrogens (tertiary/aromatic N) is 1. The van der Waals surface area contributed by atoms with Crippen molar-refractivity contribution in [1.29, 1.82) is 0 Å². The standard InChI is InChI=1S/C28H28N4O3S/c1-32-16-20-13-21(11-12-24(20)36)30-25(33)4-2-3-17-5-7-18(8-6-17)26(28(32)35)31-22-10-9-19-15-29-27(34)23(19)14-22/h5-14,26,31,36H,2-4,15-16H2,1H3,(H,29,34)(H,30,33)/t26-/m1/s1. The van der Waals surface area contributed by atoms with Crippen molar-refractivity contribution in [3.05, 3.63) is 88.5 Å². The largest absolute Gasteiger partial charge is 0.370 e. The van der Waals surface area contributed by atoms with Crippen LogP contribution in [-0.4, -0.2) is 29.7 Å². The number of nitrogens with one attached hydrogen (secondary N) is 3. The summed E-state index contributed by atoms with van der Waals surface area (Å²) in [5.74, 6) is -0.261. The quantitative estimate of drug-likeness (QED) is 0.395. The van der Waals surface area contributed by atoms with Gasteiger partial charge in [0.1, 0.15) is 6.04 Å². The Morgan fingerprint density at radius 3 is 2.56 bits per heavy atom. The maximum Gasteiger partial charge on any atom is 0.251 e. The maximum atomic E-state index is 13.8. The number of rotatable bonds is 2. The number of amides is 3. The molecule has 0 aliphatic carbocycles. The molecular formula is C28H28N4O3S. The van der Waals surface area contributed by atoms with Crippen LogP contribution in [0.2, 0.25) is 0 Å². The van der Waals surface area contributed by atoms with E-state index >= 15 is 0 Å². The van der Waals surface area contributed by atoms with E-state index in [1.807, 2.05) is 54.6 Å². The van der Waals surface area contributed by atoms with E-state index in [0.717, 1.165) is 40.0 Å². The Hall–Kier alpha value is -3.78. The molecule has 36 heavy (non-hydrogen) atoms. The zero-order chi connectivity index (χ0) is 25.2. The number of anilines is 2. The van der Waals surface area contributed by atoms with Crippen LogP contribution in [0.1, 0.15) is 51.5 Å². The molecule has 3 aromatic carbocycles. The van der Waals surface area contributed by atoms with Gasteiger partial charge >= 0.3 is 0 Å². The molecule has 3 heterocycles. The lowest BCUT2D eigenvalue weighted by Crippen LogP contribution is -2.35. The van der Waals surface area contributed by atoms with Gasteiger partial charge in [0.15, 0.2) is 0 Å². The molecule has 6 rings (SSSR count). The second kappa shape index (κ2) is 10.1. The summed E-state index contributed by atoms with van der Waals surface area (Å²) in [6, 6.07) is 18.4. The first-order valence-corrected chi connectivity index (χ1v) is 12.5. The van der Waals surface area contributed by atoms with Crippen molar-refractivity contribution in [3.63, 3.8) is 0 Å². The van der Waals surface area contributed by atoms with Crippen molar-refractivity contribution in [1.82, 2.24) is 10.2 Å². The Labute approximate surface area is 215 Å². The molecule has 0 radical (unpaired) electrons. The van der Waals surface area contributed by atoms with Crippen molar-refractivity contribution in [2.75, 3.05) is 17.7 Å². The summed E-state index contributed by atoms with van der Waals surface area (Å²) in [5, 5.41) is 9.16. The van der Waals surface area contributed by atoms with Crippen LogP contribution in [0.3, 0.4) is 0 Å². The van der Waals surface area contributed by atoms with Gasteiger partial charge in [-0.3, -0.25) is 14.4 Å². The van der Waals surface area contributed by atoms with Gasteiger partial charge in [0.2, 0.25) is 11.8 Å². The molecule has 3 aromatic rings. The van der Waals surface area contributed by atoms with Gasteiger partial charge < -0.3 is 20.9 Å². The van der Waals surface area contributed by atoms with Crippen molar-refractivity contribution in [3.8, 4) is 0 Å². The molecule has 8 heteroatoms. The van der Waals surface area contributed by atoms with Gasteiger partial charge in [0.25, 0.3) is 5.91 Å². The lowest BCUT2D eigenvalue weighted by atomic mass is 10.00. The van der Waals surface area contributed by atoms with E-state index in [4.69, 9.17) is 0 Å². The molecule has 0 unspecified atom stereocenters. The number of aryl methyl sites for hydroxylation is 1. The van der Waals surface area contributed by atoms with Crippen molar-refractivity contribution in [2.24, 2.45) is 0 Å². The minimum Gasteiger partial charge on any atom is -0.370 e. The minimum absolute atomic E-state index is 0.0340. The summed E-state index contributed by atoms with van der Waals surface area (Å²) >= 11 is 4.57. The number of thiol groups is 1. The van der Waals surface area contributed by atoms with E-state index in [-0.39, 0.29) is 17.7 Å². The molecular weight excluding hydrogens is 472 g/mol. The zero-order valence-electron chi connectivity index (χ0n) is 20.0. The highest BCUT2D eigenvalue weighted by atomic mass is 32.1.